The van der Waals surface area contributed by atoms with Crippen LogP contribution in [0.1, 0.15) is 20.3 Å². The van der Waals surface area contributed by atoms with Crippen molar-refractivity contribution in [1.82, 2.24) is 0 Å². The number of hydrogen-bond acceptors (Lipinski definition) is 0. The molecular weight excluding hydrogens is 100 g/mol. The van der Waals surface area contributed by atoms with Crippen molar-refractivity contribution in [3.63, 3.8) is 0 Å². The lowest BCUT2D eigenvalue weighted by molar-refractivity contribution is 1.23. The van der Waals surface area contributed by atoms with E-state index in [0.717, 1.165) is 0 Å². The summed E-state index contributed by atoms with van der Waals surface area (Å²) in [4.78, 5) is 0. The normalized spacial score (nSPS) is 12.3. The van der Waals surface area contributed by atoms with Crippen molar-refractivity contribution in [2.75, 3.05) is 0 Å². The van der Waals surface area contributed by atoms with Gasteiger partial charge in [-0.3, -0.25) is 0 Å². The van der Waals surface area contributed by atoms with Gasteiger partial charge in [-0.15, -0.1) is 5.70 Å². The molecule has 0 fully saturated rings. The maximum Gasteiger partial charge on any atom is 0.0447 e. The van der Waals surface area contributed by atoms with E-state index < -0.39 is 0 Å². The zero-order chi connectivity index (χ0) is 5.54. The third-order valence-electron chi connectivity index (χ3n) is 0.858. The largest absolute Gasteiger partial charge is 0.105 e. The molecule has 0 bridgehead atoms. The molecule has 0 N–H and O–H groups in total. The zero-order valence-electron chi connectivity index (χ0n) is 5.28. The Labute approximate surface area is 48.4 Å². The summed E-state index contributed by atoms with van der Waals surface area (Å²) in [7, 11) is 0.230. The molecule has 0 saturated heterocycles. The van der Waals surface area contributed by atoms with Crippen LogP contribution >= 0.6 is 0 Å². The van der Waals surface area contributed by atoms with Gasteiger partial charge in [0.15, 0.2) is 0 Å². The third kappa shape index (κ3) is 5.96. The molecular formula is C6H14Si. The summed E-state index contributed by atoms with van der Waals surface area (Å²) in [5.41, 5.74) is 2.38. The Morgan fingerprint density at radius 3 is 2.57 bits per heavy atom. The van der Waals surface area contributed by atoms with Gasteiger partial charge in [0.1, 0.15) is 0 Å². The monoisotopic (exact) mass is 114 g/mol. The van der Waals surface area contributed by atoms with Gasteiger partial charge in [0.2, 0.25) is 0 Å². The van der Waals surface area contributed by atoms with Crippen molar-refractivity contribution in [1.29, 1.82) is 0 Å². The van der Waals surface area contributed by atoms with Gasteiger partial charge in [-0.05, 0) is 6.42 Å². The second kappa shape index (κ2) is 5.96. The molecule has 0 aromatic carbocycles. The van der Waals surface area contributed by atoms with Crippen LogP contribution in [0.5, 0.6) is 0 Å². The van der Waals surface area contributed by atoms with E-state index in [4.69, 9.17) is 0 Å². The second-order valence-electron chi connectivity index (χ2n) is 1.67. The number of rotatable bonds is 3. The second-order valence-corrected chi connectivity index (χ2v) is 3.72. The first-order valence-electron chi connectivity index (χ1n) is 3.06. The van der Waals surface area contributed by atoms with Crippen LogP contribution in [0.4, 0.5) is 0 Å². The topological polar surface area (TPSA) is 0 Å². The fourth-order valence-corrected chi connectivity index (χ4v) is 1.35. The minimum atomic E-state index is 0.230. The Morgan fingerprint density at radius 2 is 2.14 bits per heavy atom. The third-order valence-corrected chi connectivity index (χ3v) is 2.10. The van der Waals surface area contributed by atoms with Crippen LogP contribution in [0.2, 0.25) is 6.04 Å². The molecule has 0 spiro atoms. The molecule has 0 saturated carbocycles. The summed E-state index contributed by atoms with van der Waals surface area (Å²) < 4.78 is 0. The molecule has 0 heterocycles. The maximum atomic E-state index is 2.38. The summed E-state index contributed by atoms with van der Waals surface area (Å²) in [5.74, 6) is 0. The maximum absolute atomic E-state index is 2.38. The van der Waals surface area contributed by atoms with Crippen LogP contribution in [0, 0.1) is 0 Å². The van der Waals surface area contributed by atoms with Crippen LogP contribution in [0.3, 0.4) is 0 Å². The van der Waals surface area contributed by atoms with Crippen molar-refractivity contribution in [2.45, 2.75) is 26.3 Å². The van der Waals surface area contributed by atoms with E-state index in [1.165, 1.54) is 12.5 Å². The molecule has 0 nitrogen and oxygen atoms in total. The van der Waals surface area contributed by atoms with Crippen LogP contribution in [-0.2, 0) is 0 Å². The highest BCUT2D eigenvalue weighted by Crippen LogP contribution is 1.79. The van der Waals surface area contributed by atoms with E-state index in [0.29, 0.717) is 0 Å². The fourth-order valence-electron chi connectivity index (χ4n) is 0.451. The van der Waals surface area contributed by atoms with Crippen LogP contribution in [0.15, 0.2) is 11.8 Å². The summed E-state index contributed by atoms with van der Waals surface area (Å²) >= 11 is 0. The van der Waals surface area contributed by atoms with Crippen molar-refractivity contribution in [3.8, 4) is 0 Å². The van der Waals surface area contributed by atoms with Gasteiger partial charge in [-0.2, -0.15) is 0 Å². The first-order valence-corrected chi connectivity index (χ1v) is 4.88. The Kier molecular flexibility index (Phi) is 5.92. The van der Waals surface area contributed by atoms with Crippen LogP contribution < -0.4 is 0 Å². The van der Waals surface area contributed by atoms with Crippen molar-refractivity contribution < 1.29 is 0 Å². The van der Waals surface area contributed by atoms with Crippen LogP contribution in [0.25, 0.3) is 0 Å². The van der Waals surface area contributed by atoms with E-state index in [2.05, 4.69) is 25.6 Å². The Hall–Kier alpha value is -0.0431. The highest BCUT2D eigenvalue weighted by atomic mass is 28.2. The van der Waals surface area contributed by atoms with E-state index in [1.54, 1.807) is 0 Å². The van der Waals surface area contributed by atoms with Gasteiger partial charge in [-0.1, -0.05) is 26.0 Å². The molecule has 0 aromatic heterocycles. The molecule has 0 amide bonds. The highest BCUT2D eigenvalue weighted by molar-refractivity contribution is 6.41. The summed E-state index contributed by atoms with van der Waals surface area (Å²) in [6, 6.07) is 1.41. The van der Waals surface area contributed by atoms with Gasteiger partial charge in [0.05, 0.1) is 0 Å². The molecule has 0 aliphatic carbocycles. The molecule has 1 heteroatoms. The zero-order valence-corrected chi connectivity index (χ0v) is 6.69. The van der Waals surface area contributed by atoms with Crippen molar-refractivity contribution in [2.24, 2.45) is 0 Å². The average molecular weight is 114 g/mol. The van der Waals surface area contributed by atoms with Gasteiger partial charge < -0.3 is 0 Å². The molecule has 0 rings (SSSR count). The lowest BCUT2D eigenvalue weighted by atomic mass is 10.5. The average Bonchev–Trinajstić information content (AvgIpc) is 1.69. The summed E-state index contributed by atoms with van der Waals surface area (Å²) in [6.07, 6.45) is 3.49. The summed E-state index contributed by atoms with van der Waals surface area (Å²) in [5, 5.41) is 0. The van der Waals surface area contributed by atoms with E-state index in [-0.39, 0.29) is 9.52 Å². The first kappa shape index (κ1) is 6.96. The Bertz CT molecular complexity index is 48.1. The quantitative estimate of drug-likeness (QED) is 0.488. The standard InChI is InChI=1S/C6H14Si/c1-3-5-6-7-4-2/h5-6H,3-4,7H2,1-2H3/b6-5+. The van der Waals surface area contributed by atoms with Crippen molar-refractivity contribution in [3.05, 3.63) is 11.8 Å². The predicted molar refractivity (Wildman–Crippen MR) is 38.5 cm³/mol. The lowest BCUT2D eigenvalue weighted by Crippen LogP contribution is -1.75. The minimum absolute atomic E-state index is 0.230. The van der Waals surface area contributed by atoms with Gasteiger partial charge in [0, 0.05) is 9.52 Å². The molecule has 42 valence electrons. The van der Waals surface area contributed by atoms with Gasteiger partial charge >= 0.3 is 0 Å². The van der Waals surface area contributed by atoms with E-state index in [1.807, 2.05) is 0 Å². The number of hydrogen-bond donors (Lipinski definition) is 0. The Balaban J connectivity index is 2.78. The van der Waals surface area contributed by atoms with Crippen molar-refractivity contribution >= 4 is 9.52 Å². The number of allylic oxidation sites excluding steroid dienone is 1. The molecule has 0 unspecified atom stereocenters. The molecule has 0 radical (unpaired) electrons. The molecule has 0 atom stereocenters. The van der Waals surface area contributed by atoms with E-state index >= 15 is 0 Å². The highest BCUT2D eigenvalue weighted by Gasteiger charge is 1.69. The SMILES string of the molecule is CC/C=C/[SiH2]CC. The van der Waals surface area contributed by atoms with Crippen LogP contribution in [-0.4, -0.2) is 9.52 Å². The first-order chi connectivity index (χ1) is 3.41. The lowest BCUT2D eigenvalue weighted by Gasteiger charge is -1.78. The molecule has 0 aliphatic heterocycles. The van der Waals surface area contributed by atoms with Gasteiger partial charge in [-0.25, -0.2) is 0 Å². The smallest absolute Gasteiger partial charge is 0.0447 e. The summed E-state index contributed by atoms with van der Waals surface area (Å²) in [6.45, 7) is 4.44. The van der Waals surface area contributed by atoms with E-state index in [9.17, 15) is 0 Å². The minimum Gasteiger partial charge on any atom is -0.105 e. The molecule has 0 aromatic rings. The van der Waals surface area contributed by atoms with Gasteiger partial charge in [0.25, 0.3) is 0 Å². The Morgan fingerprint density at radius 1 is 1.43 bits per heavy atom. The molecule has 7 heavy (non-hydrogen) atoms. The molecule has 0 aliphatic rings. The fraction of sp³-hybridized carbons (Fsp3) is 0.667. The predicted octanol–water partition coefficient (Wildman–Crippen LogP) is 1.52.